The van der Waals surface area contributed by atoms with Gasteiger partial charge in [0.05, 0.1) is 5.69 Å². The van der Waals surface area contributed by atoms with Crippen molar-refractivity contribution in [3.8, 4) is 33.9 Å². The second-order valence-corrected chi connectivity index (χ2v) is 8.93. The number of imidazole rings is 1. The van der Waals surface area contributed by atoms with Crippen LogP contribution in [0.2, 0.25) is 5.02 Å². The monoisotopic (exact) mass is 488 g/mol. The molecule has 4 aromatic carbocycles. The minimum Gasteiger partial charge on any atom is -0.281 e. The van der Waals surface area contributed by atoms with Crippen LogP contribution in [-0.2, 0) is 0 Å². The molecule has 174 valence electrons. The average Bonchev–Trinajstić information content (AvgIpc) is 3.26. The summed E-state index contributed by atoms with van der Waals surface area (Å²) in [5, 5.41) is 0.596. The number of nitrogens with zero attached hydrogens (tertiary/aromatic N) is 4. The smallest absolute Gasteiger partial charge is 0.281 e. The van der Waals surface area contributed by atoms with E-state index >= 15 is 0 Å². The van der Waals surface area contributed by atoms with E-state index in [0.29, 0.717) is 33.5 Å². The summed E-state index contributed by atoms with van der Waals surface area (Å²) in [5.74, 6) is 1.23. The summed E-state index contributed by atoms with van der Waals surface area (Å²) < 4.78 is 3.53. The van der Waals surface area contributed by atoms with Gasteiger partial charge in [-0.05, 0) is 54.4 Å². The van der Waals surface area contributed by atoms with E-state index < -0.39 is 0 Å². The maximum atomic E-state index is 13.9. The Morgan fingerprint density at radius 2 is 1.17 bits per heavy atom. The van der Waals surface area contributed by atoms with E-state index in [1.165, 1.54) is 0 Å². The number of hydrogen-bond acceptors (Lipinski definition) is 3. The zero-order valence-corrected chi connectivity index (χ0v) is 20.2. The molecule has 2 aromatic heterocycles. The lowest BCUT2D eigenvalue weighted by atomic mass is 10.0. The first kappa shape index (κ1) is 22.0. The molecule has 0 aliphatic carbocycles. The summed E-state index contributed by atoms with van der Waals surface area (Å²) in [6.45, 7) is 1.88. The number of aryl methyl sites for hydroxylation is 1. The Hall–Kier alpha value is -4.48. The molecule has 5 nitrogen and oxygen atoms in total. The number of para-hydroxylation sites is 1. The van der Waals surface area contributed by atoms with E-state index in [0.717, 1.165) is 22.4 Å². The molecule has 36 heavy (non-hydrogen) atoms. The molecule has 0 aliphatic heterocycles. The molecule has 0 bridgehead atoms. The third-order valence-electron chi connectivity index (χ3n) is 6.20. The van der Waals surface area contributed by atoms with Crippen molar-refractivity contribution < 1.29 is 0 Å². The van der Waals surface area contributed by atoms with Crippen LogP contribution in [0.4, 0.5) is 0 Å². The molecule has 0 amide bonds. The number of aromatic nitrogens is 4. The van der Waals surface area contributed by atoms with Crippen LogP contribution in [0.5, 0.6) is 0 Å². The first-order valence-electron chi connectivity index (χ1n) is 11.6. The molecule has 2 heterocycles. The molecule has 0 N–H and O–H groups in total. The second kappa shape index (κ2) is 8.95. The molecule has 0 unspecified atom stereocenters. The summed E-state index contributed by atoms with van der Waals surface area (Å²) in [4.78, 5) is 23.6. The van der Waals surface area contributed by atoms with Gasteiger partial charge in [0.1, 0.15) is 11.6 Å². The van der Waals surface area contributed by atoms with E-state index in [1.54, 1.807) is 16.7 Å². The van der Waals surface area contributed by atoms with Gasteiger partial charge in [-0.25, -0.2) is 9.97 Å². The lowest BCUT2D eigenvalue weighted by Gasteiger charge is -2.14. The summed E-state index contributed by atoms with van der Waals surface area (Å²) in [6, 6.07) is 35.3. The van der Waals surface area contributed by atoms with Crippen LogP contribution < -0.4 is 5.56 Å². The van der Waals surface area contributed by atoms with Gasteiger partial charge in [-0.15, -0.1) is 0 Å². The lowest BCUT2D eigenvalue weighted by molar-refractivity contribution is 0.955. The number of fused-ring (bicyclic) bond motifs is 1. The SMILES string of the molecule is Cc1nc2c(=O)n(-c3ccc(Cl)cc3)c(-c3ccc(-c4ccccc4)cc3)nc2n1-c1ccccc1. The highest BCUT2D eigenvalue weighted by Crippen LogP contribution is 2.27. The first-order valence-corrected chi connectivity index (χ1v) is 12.0. The Balaban J connectivity index is 1.62. The summed E-state index contributed by atoms with van der Waals surface area (Å²) in [6.07, 6.45) is 0. The Morgan fingerprint density at radius 3 is 1.83 bits per heavy atom. The van der Waals surface area contributed by atoms with Crippen molar-refractivity contribution >= 4 is 22.8 Å². The standard InChI is InChI=1S/C30H21ClN4O/c1-20-32-27-29(34(20)25-10-6-3-7-11-25)33-28(35(30(27)36)26-18-16-24(31)17-19-26)23-14-12-22(13-15-23)21-8-4-2-5-9-21/h2-19H,1H3. The minimum atomic E-state index is -0.234. The third kappa shape index (κ3) is 3.80. The van der Waals surface area contributed by atoms with Crippen molar-refractivity contribution in [3.05, 3.63) is 130 Å². The van der Waals surface area contributed by atoms with Crippen LogP contribution in [0, 0.1) is 6.92 Å². The fraction of sp³-hybridized carbons (Fsp3) is 0.0333. The fourth-order valence-electron chi connectivity index (χ4n) is 4.47. The van der Waals surface area contributed by atoms with Gasteiger partial charge < -0.3 is 0 Å². The van der Waals surface area contributed by atoms with Crippen LogP contribution in [0.15, 0.2) is 114 Å². The van der Waals surface area contributed by atoms with Crippen molar-refractivity contribution in [2.24, 2.45) is 0 Å². The van der Waals surface area contributed by atoms with Gasteiger partial charge in [-0.1, -0.05) is 84.4 Å². The Kier molecular flexibility index (Phi) is 5.47. The molecular weight excluding hydrogens is 468 g/mol. The Bertz CT molecular complexity index is 1740. The number of benzene rings is 4. The lowest BCUT2D eigenvalue weighted by Crippen LogP contribution is -2.22. The van der Waals surface area contributed by atoms with Crippen LogP contribution in [0.3, 0.4) is 0 Å². The molecule has 6 aromatic rings. The van der Waals surface area contributed by atoms with E-state index in [-0.39, 0.29) is 5.56 Å². The van der Waals surface area contributed by atoms with E-state index in [1.807, 2.05) is 96.4 Å². The zero-order chi connectivity index (χ0) is 24.6. The van der Waals surface area contributed by atoms with Gasteiger partial charge >= 0.3 is 0 Å². The molecule has 6 heteroatoms. The third-order valence-corrected chi connectivity index (χ3v) is 6.45. The zero-order valence-electron chi connectivity index (χ0n) is 19.5. The summed E-state index contributed by atoms with van der Waals surface area (Å²) in [7, 11) is 0. The van der Waals surface area contributed by atoms with Crippen molar-refractivity contribution in [1.29, 1.82) is 0 Å². The first-order chi connectivity index (χ1) is 17.6. The second-order valence-electron chi connectivity index (χ2n) is 8.50. The Morgan fingerprint density at radius 1 is 0.611 bits per heavy atom. The predicted molar refractivity (Wildman–Crippen MR) is 145 cm³/mol. The molecule has 0 radical (unpaired) electrons. The van der Waals surface area contributed by atoms with Gasteiger partial charge in [0.15, 0.2) is 11.2 Å². The van der Waals surface area contributed by atoms with Gasteiger partial charge in [-0.2, -0.15) is 0 Å². The van der Waals surface area contributed by atoms with Crippen LogP contribution >= 0.6 is 11.6 Å². The maximum absolute atomic E-state index is 13.9. The molecule has 0 atom stereocenters. The predicted octanol–water partition coefficient (Wildman–Crippen LogP) is 6.87. The fourth-order valence-corrected chi connectivity index (χ4v) is 4.60. The molecule has 0 fully saturated rings. The van der Waals surface area contributed by atoms with E-state index in [2.05, 4.69) is 17.1 Å². The highest BCUT2D eigenvalue weighted by Gasteiger charge is 2.20. The highest BCUT2D eigenvalue weighted by molar-refractivity contribution is 6.30. The van der Waals surface area contributed by atoms with Crippen LogP contribution in [-0.4, -0.2) is 19.1 Å². The molecule has 0 saturated carbocycles. The van der Waals surface area contributed by atoms with E-state index in [4.69, 9.17) is 16.6 Å². The van der Waals surface area contributed by atoms with Crippen molar-refractivity contribution in [3.63, 3.8) is 0 Å². The quantitative estimate of drug-likeness (QED) is 0.272. The number of rotatable bonds is 4. The summed E-state index contributed by atoms with van der Waals surface area (Å²) >= 11 is 6.14. The topological polar surface area (TPSA) is 52.7 Å². The van der Waals surface area contributed by atoms with Gasteiger partial charge in [0.2, 0.25) is 0 Å². The minimum absolute atomic E-state index is 0.234. The molecule has 0 spiro atoms. The number of hydrogen-bond donors (Lipinski definition) is 0. The van der Waals surface area contributed by atoms with Crippen molar-refractivity contribution in [1.82, 2.24) is 19.1 Å². The molecule has 6 rings (SSSR count). The maximum Gasteiger partial charge on any atom is 0.286 e. The van der Waals surface area contributed by atoms with Gasteiger partial charge in [0, 0.05) is 16.3 Å². The largest absolute Gasteiger partial charge is 0.286 e. The highest BCUT2D eigenvalue weighted by atomic mass is 35.5. The van der Waals surface area contributed by atoms with Gasteiger partial charge in [-0.3, -0.25) is 13.9 Å². The number of halogens is 1. The summed E-state index contributed by atoms with van der Waals surface area (Å²) in [5.41, 5.74) is 5.22. The van der Waals surface area contributed by atoms with Crippen molar-refractivity contribution in [2.75, 3.05) is 0 Å². The Labute approximate surface area is 212 Å². The van der Waals surface area contributed by atoms with E-state index in [9.17, 15) is 4.79 Å². The van der Waals surface area contributed by atoms with Crippen molar-refractivity contribution in [2.45, 2.75) is 6.92 Å². The van der Waals surface area contributed by atoms with Crippen LogP contribution in [0.25, 0.3) is 45.1 Å². The molecular formula is C30H21ClN4O. The molecule has 0 saturated heterocycles. The normalized spacial score (nSPS) is 11.2. The molecule has 0 aliphatic rings. The average molecular weight is 489 g/mol. The van der Waals surface area contributed by atoms with Crippen LogP contribution in [0.1, 0.15) is 5.82 Å². The van der Waals surface area contributed by atoms with Gasteiger partial charge in [0.25, 0.3) is 5.56 Å².